The van der Waals surface area contributed by atoms with Crippen LogP contribution in [-0.2, 0) is 5.75 Å². The molecule has 1 rings (SSSR count). The van der Waals surface area contributed by atoms with Gasteiger partial charge in [0, 0.05) is 17.2 Å². The van der Waals surface area contributed by atoms with Crippen molar-refractivity contribution < 1.29 is 5.11 Å². The molecule has 1 aromatic rings. The minimum atomic E-state index is 0.215. The second-order valence-corrected chi connectivity index (χ2v) is 4.32. The van der Waals surface area contributed by atoms with Crippen LogP contribution in [0.25, 0.3) is 0 Å². The molecule has 0 fully saturated rings. The molecule has 3 nitrogen and oxygen atoms in total. The van der Waals surface area contributed by atoms with Crippen molar-refractivity contribution in [1.82, 2.24) is 4.98 Å². The van der Waals surface area contributed by atoms with E-state index in [0.29, 0.717) is 5.82 Å². The number of aromatic nitrogens is 1. The molecule has 72 valence electrons. The van der Waals surface area contributed by atoms with E-state index in [0.717, 1.165) is 11.3 Å². The van der Waals surface area contributed by atoms with E-state index in [9.17, 15) is 0 Å². The first-order valence-electron chi connectivity index (χ1n) is 4.15. The lowest BCUT2D eigenvalue weighted by atomic mass is 10.3. The lowest BCUT2D eigenvalue weighted by molar-refractivity contribution is 0.300. The van der Waals surface area contributed by atoms with Gasteiger partial charge in [-0.15, -0.1) is 0 Å². The summed E-state index contributed by atoms with van der Waals surface area (Å²) in [5.41, 5.74) is 6.59. The van der Waals surface area contributed by atoms with Crippen LogP contribution in [0.3, 0.4) is 0 Å². The minimum Gasteiger partial charge on any atom is -0.395 e. The van der Waals surface area contributed by atoms with Gasteiger partial charge in [-0.1, -0.05) is 13.0 Å². The molecule has 0 bridgehead atoms. The van der Waals surface area contributed by atoms with Gasteiger partial charge in [-0.25, -0.2) is 4.98 Å². The summed E-state index contributed by atoms with van der Waals surface area (Å²) in [4.78, 5) is 3.98. The number of pyridine rings is 1. The van der Waals surface area contributed by atoms with E-state index >= 15 is 0 Å². The Balaban J connectivity index is 2.41. The fourth-order valence-electron chi connectivity index (χ4n) is 0.813. The maximum atomic E-state index is 8.80. The summed E-state index contributed by atoms with van der Waals surface area (Å²) >= 11 is 1.70. The van der Waals surface area contributed by atoms with Crippen molar-refractivity contribution in [3.8, 4) is 0 Å². The molecule has 1 atom stereocenters. The Bertz CT molecular complexity index is 250. The standard InChI is InChI=1S/C9H14N2OS/c1-7(5-12)13-6-8-2-3-9(10)11-4-8/h2-4,7,12H,5-6H2,1H3,(H2,10,11). The molecule has 1 unspecified atom stereocenters. The average Bonchev–Trinajstić information content (AvgIpc) is 2.16. The van der Waals surface area contributed by atoms with Crippen molar-refractivity contribution in [2.24, 2.45) is 0 Å². The van der Waals surface area contributed by atoms with Crippen LogP contribution in [0, 0.1) is 0 Å². The smallest absolute Gasteiger partial charge is 0.123 e. The number of anilines is 1. The topological polar surface area (TPSA) is 59.1 Å². The molecule has 0 aliphatic carbocycles. The molecule has 0 aromatic carbocycles. The monoisotopic (exact) mass is 198 g/mol. The zero-order valence-electron chi connectivity index (χ0n) is 7.60. The van der Waals surface area contributed by atoms with Crippen LogP contribution in [0.1, 0.15) is 12.5 Å². The predicted molar refractivity (Wildman–Crippen MR) is 56.5 cm³/mol. The third-order valence-corrected chi connectivity index (χ3v) is 2.86. The summed E-state index contributed by atoms with van der Waals surface area (Å²) in [7, 11) is 0. The molecule has 0 spiro atoms. The fourth-order valence-corrected chi connectivity index (χ4v) is 1.57. The van der Waals surface area contributed by atoms with Crippen molar-refractivity contribution in [2.75, 3.05) is 12.3 Å². The molecule has 0 saturated carbocycles. The maximum absolute atomic E-state index is 8.80. The predicted octanol–water partition coefficient (Wildman–Crippen LogP) is 1.28. The van der Waals surface area contributed by atoms with Crippen molar-refractivity contribution in [1.29, 1.82) is 0 Å². The molecule has 0 radical (unpaired) electrons. The first-order chi connectivity index (χ1) is 6.22. The first-order valence-corrected chi connectivity index (χ1v) is 5.20. The Kier molecular flexibility index (Phi) is 4.05. The molecule has 0 aliphatic heterocycles. The third-order valence-electron chi connectivity index (χ3n) is 1.64. The number of aliphatic hydroxyl groups is 1. The van der Waals surface area contributed by atoms with Gasteiger partial charge in [0.15, 0.2) is 0 Å². The molecular formula is C9H14N2OS. The van der Waals surface area contributed by atoms with Crippen LogP contribution >= 0.6 is 11.8 Å². The van der Waals surface area contributed by atoms with Gasteiger partial charge in [0.25, 0.3) is 0 Å². The van der Waals surface area contributed by atoms with Crippen molar-refractivity contribution in [3.63, 3.8) is 0 Å². The Morgan fingerprint density at radius 3 is 2.92 bits per heavy atom. The van der Waals surface area contributed by atoms with E-state index in [1.54, 1.807) is 24.0 Å². The highest BCUT2D eigenvalue weighted by atomic mass is 32.2. The lowest BCUT2D eigenvalue weighted by Crippen LogP contribution is -2.02. The molecule has 0 amide bonds. The second kappa shape index (κ2) is 5.09. The van der Waals surface area contributed by atoms with Crippen LogP contribution in [0.4, 0.5) is 5.82 Å². The van der Waals surface area contributed by atoms with Crippen molar-refractivity contribution in [3.05, 3.63) is 23.9 Å². The molecular weight excluding hydrogens is 184 g/mol. The number of aliphatic hydroxyl groups excluding tert-OH is 1. The normalized spacial score (nSPS) is 12.8. The summed E-state index contributed by atoms with van der Waals surface area (Å²) in [6.07, 6.45) is 1.77. The largest absolute Gasteiger partial charge is 0.395 e. The van der Waals surface area contributed by atoms with E-state index < -0.39 is 0 Å². The number of hydrogen-bond acceptors (Lipinski definition) is 4. The summed E-state index contributed by atoms with van der Waals surface area (Å²) in [5.74, 6) is 1.42. The molecule has 0 aliphatic rings. The molecule has 0 saturated heterocycles. The van der Waals surface area contributed by atoms with Gasteiger partial charge in [-0.2, -0.15) is 11.8 Å². The number of nitrogens with zero attached hydrogens (tertiary/aromatic N) is 1. The van der Waals surface area contributed by atoms with Crippen LogP contribution in [-0.4, -0.2) is 21.9 Å². The Morgan fingerprint density at radius 1 is 1.62 bits per heavy atom. The summed E-state index contributed by atoms with van der Waals surface area (Å²) in [6.45, 7) is 2.21. The van der Waals surface area contributed by atoms with Gasteiger partial charge >= 0.3 is 0 Å². The SMILES string of the molecule is CC(CO)SCc1ccc(N)nc1. The number of nitrogen functional groups attached to an aromatic ring is 1. The van der Waals surface area contributed by atoms with Gasteiger partial charge < -0.3 is 10.8 Å². The highest BCUT2D eigenvalue weighted by Crippen LogP contribution is 2.16. The van der Waals surface area contributed by atoms with Crippen molar-refractivity contribution in [2.45, 2.75) is 17.9 Å². The lowest BCUT2D eigenvalue weighted by Gasteiger charge is -2.06. The molecule has 13 heavy (non-hydrogen) atoms. The van der Waals surface area contributed by atoms with Crippen molar-refractivity contribution >= 4 is 17.6 Å². The summed E-state index contributed by atoms with van der Waals surface area (Å²) in [5, 5.41) is 9.08. The van der Waals surface area contributed by atoms with Crippen LogP contribution in [0.2, 0.25) is 0 Å². The molecule has 3 N–H and O–H groups in total. The summed E-state index contributed by atoms with van der Waals surface area (Å²) in [6, 6.07) is 3.75. The van der Waals surface area contributed by atoms with Gasteiger partial charge in [0.1, 0.15) is 5.82 Å². The quantitative estimate of drug-likeness (QED) is 0.765. The van der Waals surface area contributed by atoms with E-state index in [-0.39, 0.29) is 11.9 Å². The van der Waals surface area contributed by atoms with E-state index in [1.807, 2.05) is 13.0 Å². The Morgan fingerprint density at radius 2 is 2.38 bits per heavy atom. The van der Waals surface area contributed by atoms with Crippen LogP contribution in [0.5, 0.6) is 0 Å². The van der Waals surface area contributed by atoms with Gasteiger partial charge in [-0.05, 0) is 11.6 Å². The van der Waals surface area contributed by atoms with Crippen LogP contribution in [0.15, 0.2) is 18.3 Å². The molecule has 1 aromatic heterocycles. The van der Waals surface area contributed by atoms with E-state index in [1.165, 1.54) is 0 Å². The number of thioether (sulfide) groups is 1. The zero-order chi connectivity index (χ0) is 9.68. The number of rotatable bonds is 4. The zero-order valence-corrected chi connectivity index (χ0v) is 8.42. The van der Waals surface area contributed by atoms with Gasteiger partial charge in [-0.3, -0.25) is 0 Å². The summed E-state index contributed by atoms with van der Waals surface area (Å²) < 4.78 is 0. The second-order valence-electron chi connectivity index (χ2n) is 2.90. The number of nitrogens with two attached hydrogens (primary N) is 1. The highest BCUT2D eigenvalue weighted by molar-refractivity contribution is 7.99. The number of hydrogen-bond donors (Lipinski definition) is 2. The first kappa shape index (κ1) is 10.3. The van der Waals surface area contributed by atoms with E-state index in [2.05, 4.69) is 4.98 Å². The van der Waals surface area contributed by atoms with Crippen LogP contribution < -0.4 is 5.73 Å². The maximum Gasteiger partial charge on any atom is 0.123 e. The fraction of sp³-hybridized carbons (Fsp3) is 0.444. The molecule has 1 heterocycles. The average molecular weight is 198 g/mol. The van der Waals surface area contributed by atoms with Gasteiger partial charge in [0.05, 0.1) is 6.61 Å². The molecule has 4 heteroatoms. The van der Waals surface area contributed by atoms with E-state index in [4.69, 9.17) is 10.8 Å². The Labute approximate surface area is 82.4 Å². The minimum absolute atomic E-state index is 0.215. The van der Waals surface area contributed by atoms with Gasteiger partial charge in [0.2, 0.25) is 0 Å². The Hall–Kier alpha value is -0.740. The third kappa shape index (κ3) is 3.65. The highest BCUT2D eigenvalue weighted by Gasteiger charge is 2.00.